The summed E-state index contributed by atoms with van der Waals surface area (Å²) < 4.78 is 33.5. The van der Waals surface area contributed by atoms with Crippen molar-refractivity contribution in [2.45, 2.75) is 38.9 Å². The zero-order valence-electron chi connectivity index (χ0n) is 16.7. The minimum atomic E-state index is -3.60. The minimum absolute atomic E-state index is 0.0548. The van der Waals surface area contributed by atoms with Crippen molar-refractivity contribution in [2.24, 2.45) is 15.5 Å². The molecule has 0 radical (unpaired) electrons. The molecule has 0 amide bonds. The number of sulfonamides is 1. The van der Waals surface area contributed by atoms with Gasteiger partial charge in [-0.3, -0.25) is 4.79 Å². The lowest BCUT2D eigenvalue weighted by Gasteiger charge is -2.31. The van der Waals surface area contributed by atoms with Gasteiger partial charge in [0.15, 0.2) is 5.78 Å². The van der Waals surface area contributed by atoms with Gasteiger partial charge in [-0.25, -0.2) is 8.42 Å². The highest BCUT2D eigenvalue weighted by atomic mass is 32.2. The van der Waals surface area contributed by atoms with Crippen molar-refractivity contribution in [2.75, 3.05) is 6.61 Å². The summed E-state index contributed by atoms with van der Waals surface area (Å²) in [6.07, 6.45) is 1.92. The number of Topliss-reactive ketones (excluding diaryl/α,β-unsaturated/α-hetero) is 1. The summed E-state index contributed by atoms with van der Waals surface area (Å²) in [4.78, 5) is 12.8. The Balaban J connectivity index is 1.82. The van der Waals surface area contributed by atoms with Crippen LogP contribution in [0.25, 0.3) is 0 Å². The third-order valence-electron chi connectivity index (χ3n) is 5.61. The monoisotopic (exact) mass is 414 g/mol. The molecule has 1 aliphatic rings. The van der Waals surface area contributed by atoms with Crippen LogP contribution in [0.1, 0.15) is 54.6 Å². The van der Waals surface area contributed by atoms with Crippen LogP contribution in [0.3, 0.4) is 0 Å². The smallest absolute Gasteiger partial charge is 0.259 e. The Morgan fingerprint density at radius 1 is 1.10 bits per heavy atom. The molecule has 2 N–H and O–H groups in total. The quantitative estimate of drug-likeness (QED) is 0.664. The summed E-state index contributed by atoms with van der Waals surface area (Å²) in [5.41, 5.74) is 7.39. The predicted molar refractivity (Wildman–Crippen MR) is 114 cm³/mol. The van der Waals surface area contributed by atoms with Crippen LogP contribution in [0.4, 0.5) is 0 Å². The molecule has 7 heteroatoms. The molecular weight excluding hydrogens is 388 g/mol. The summed E-state index contributed by atoms with van der Waals surface area (Å²) in [6, 6.07) is 14.5. The highest BCUT2D eigenvalue weighted by molar-refractivity contribution is 7.89. The number of amidine groups is 1. The Morgan fingerprint density at radius 3 is 2.45 bits per heavy atom. The molecule has 0 saturated heterocycles. The fourth-order valence-corrected chi connectivity index (χ4v) is 4.67. The normalized spacial score (nSPS) is 15.3. The van der Waals surface area contributed by atoms with Gasteiger partial charge in [0.05, 0.1) is 17.9 Å². The summed E-state index contributed by atoms with van der Waals surface area (Å²) in [6.45, 7) is 4.43. The Hall–Kier alpha value is -2.67. The molecule has 0 aliphatic carbocycles. The number of carbonyl (C=O) groups is 1. The molecular formula is C22H26N2O4S. The number of ether oxygens (including phenoxy) is 1. The lowest BCUT2D eigenvalue weighted by molar-refractivity contribution is 0.0790. The van der Waals surface area contributed by atoms with Crippen LogP contribution in [-0.2, 0) is 15.8 Å². The molecule has 2 aromatic carbocycles. The van der Waals surface area contributed by atoms with E-state index in [0.717, 1.165) is 12.8 Å². The highest BCUT2D eigenvalue weighted by Crippen LogP contribution is 2.35. The SMILES string of the molecule is CCC(CC)(COc1cccc2c1C(N)=NS(=O)(=O)C2)CC(=O)c1ccccc1. The molecule has 0 unspecified atom stereocenters. The maximum atomic E-state index is 12.8. The van der Waals surface area contributed by atoms with Crippen LogP contribution < -0.4 is 10.5 Å². The van der Waals surface area contributed by atoms with Crippen molar-refractivity contribution in [3.05, 3.63) is 65.2 Å². The lowest BCUT2D eigenvalue weighted by Crippen LogP contribution is -2.31. The van der Waals surface area contributed by atoms with Gasteiger partial charge in [0.25, 0.3) is 10.0 Å². The average Bonchev–Trinajstić information content (AvgIpc) is 2.70. The number of nitrogens with zero attached hydrogens (tertiary/aromatic N) is 1. The summed E-state index contributed by atoms with van der Waals surface area (Å²) >= 11 is 0. The van der Waals surface area contributed by atoms with Crippen LogP contribution in [0.2, 0.25) is 0 Å². The largest absolute Gasteiger partial charge is 0.492 e. The first-order valence-electron chi connectivity index (χ1n) is 9.70. The molecule has 1 heterocycles. The van der Waals surface area contributed by atoms with E-state index in [0.29, 0.717) is 35.5 Å². The second kappa shape index (κ2) is 8.37. The van der Waals surface area contributed by atoms with E-state index >= 15 is 0 Å². The average molecular weight is 415 g/mol. The van der Waals surface area contributed by atoms with Crippen molar-refractivity contribution in [3.63, 3.8) is 0 Å². The van der Waals surface area contributed by atoms with Crippen LogP contribution in [0.15, 0.2) is 52.9 Å². The molecule has 29 heavy (non-hydrogen) atoms. The Kier molecular flexibility index (Phi) is 6.07. The zero-order chi connectivity index (χ0) is 21.1. The first kappa shape index (κ1) is 21.0. The number of hydrogen-bond acceptors (Lipinski definition) is 5. The van der Waals surface area contributed by atoms with Crippen LogP contribution in [-0.4, -0.2) is 26.6 Å². The maximum Gasteiger partial charge on any atom is 0.259 e. The van der Waals surface area contributed by atoms with Crippen molar-refractivity contribution < 1.29 is 17.9 Å². The van der Waals surface area contributed by atoms with E-state index in [-0.39, 0.29) is 22.8 Å². The summed E-state index contributed by atoms with van der Waals surface area (Å²) in [7, 11) is -3.60. The molecule has 0 atom stereocenters. The zero-order valence-corrected chi connectivity index (χ0v) is 17.5. The van der Waals surface area contributed by atoms with Crippen LogP contribution in [0, 0.1) is 5.41 Å². The van der Waals surface area contributed by atoms with Gasteiger partial charge < -0.3 is 10.5 Å². The van der Waals surface area contributed by atoms with Gasteiger partial charge >= 0.3 is 0 Å². The van der Waals surface area contributed by atoms with Gasteiger partial charge in [-0.1, -0.05) is 56.3 Å². The van der Waals surface area contributed by atoms with Crippen LogP contribution >= 0.6 is 0 Å². The highest BCUT2D eigenvalue weighted by Gasteiger charge is 2.32. The molecule has 0 aromatic heterocycles. The standard InChI is InChI=1S/C22H26N2O4S/c1-3-22(4-2,13-18(25)16-9-6-5-7-10-16)15-28-19-12-8-11-17-14-29(26,27)24-21(23)20(17)19/h5-12H,3-4,13-15H2,1-2H3,(H2,23,24). The van der Waals surface area contributed by atoms with Gasteiger partial charge in [-0.2, -0.15) is 0 Å². The van der Waals surface area contributed by atoms with Gasteiger partial charge in [-0.05, 0) is 24.5 Å². The first-order chi connectivity index (χ1) is 13.8. The molecule has 0 fully saturated rings. The summed E-state index contributed by atoms with van der Waals surface area (Å²) in [5, 5.41) is 0. The number of carbonyl (C=O) groups excluding carboxylic acids is 1. The second-order valence-corrected chi connectivity index (χ2v) is 9.09. The first-order valence-corrected chi connectivity index (χ1v) is 11.3. The van der Waals surface area contributed by atoms with E-state index in [9.17, 15) is 13.2 Å². The van der Waals surface area contributed by atoms with Gasteiger partial charge in [0.1, 0.15) is 11.6 Å². The number of fused-ring (bicyclic) bond motifs is 1. The van der Waals surface area contributed by atoms with E-state index in [4.69, 9.17) is 10.5 Å². The third-order valence-corrected chi connectivity index (χ3v) is 6.76. The third kappa shape index (κ3) is 4.67. The Bertz CT molecular complexity index is 1030. The molecule has 0 bridgehead atoms. The molecule has 2 aromatic rings. The molecule has 1 aliphatic heterocycles. The molecule has 6 nitrogen and oxygen atoms in total. The van der Waals surface area contributed by atoms with Crippen LogP contribution in [0.5, 0.6) is 5.75 Å². The fourth-order valence-electron chi connectivity index (χ4n) is 3.58. The number of ketones is 1. The molecule has 0 spiro atoms. The van der Waals surface area contributed by atoms with E-state index in [2.05, 4.69) is 4.40 Å². The lowest BCUT2D eigenvalue weighted by atomic mass is 9.77. The van der Waals surface area contributed by atoms with Crippen molar-refractivity contribution in [1.29, 1.82) is 0 Å². The fraction of sp³-hybridized carbons (Fsp3) is 0.364. The second-order valence-electron chi connectivity index (χ2n) is 7.45. The number of benzene rings is 2. The number of nitrogens with two attached hydrogens (primary N) is 1. The van der Waals surface area contributed by atoms with Gasteiger partial charge in [0, 0.05) is 17.4 Å². The van der Waals surface area contributed by atoms with Crippen molar-refractivity contribution in [1.82, 2.24) is 0 Å². The number of rotatable bonds is 8. The topological polar surface area (TPSA) is 98.8 Å². The Morgan fingerprint density at radius 2 is 1.79 bits per heavy atom. The van der Waals surface area contributed by atoms with Crippen molar-refractivity contribution in [3.8, 4) is 5.75 Å². The molecule has 0 saturated carbocycles. The minimum Gasteiger partial charge on any atom is -0.492 e. The van der Waals surface area contributed by atoms with E-state index in [1.165, 1.54) is 0 Å². The molecule has 154 valence electrons. The predicted octanol–water partition coefficient (Wildman–Crippen LogP) is 3.69. The van der Waals surface area contributed by atoms with Gasteiger partial charge in [-0.15, -0.1) is 4.40 Å². The Labute approximate surface area is 171 Å². The van der Waals surface area contributed by atoms with E-state index in [1.807, 2.05) is 44.2 Å². The van der Waals surface area contributed by atoms with Gasteiger partial charge in [0.2, 0.25) is 0 Å². The number of hydrogen-bond donors (Lipinski definition) is 1. The summed E-state index contributed by atoms with van der Waals surface area (Å²) in [5.74, 6) is 0.331. The van der Waals surface area contributed by atoms with E-state index in [1.54, 1.807) is 18.2 Å². The maximum absolute atomic E-state index is 12.8. The molecule has 3 rings (SSSR count). The van der Waals surface area contributed by atoms with Crippen molar-refractivity contribution >= 4 is 21.6 Å². The van der Waals surface area contributed by atoms with E-state index < -0.39 is 10.0 Å².